The van der Waals surface area contributed by atoms with Crippen molar-refractivity contribution in [1.29, 1.82) is 0 Å². The van der Waals surface area contributed by atoms with Crippen LogP contribution in [0.15, 0.2) is 29.2 Å². The Hall–Kier alpha value is -0.870. The van der Waals surface area contributed by atoms with Gasteiger partial charge in [0.2, 0.25) is 0 Å². The summed E-state index contributed by atoms with van der Waals surface area (Å²) in [7, 11) is -1.07. The van der Waals surface area contributed by atoms with Gasteiger partial charge in [0.15, 0.2) is 0 Å². The first-order valence-corrected chi connectivity index (χ1v) is 6.96. The molecule has 1 saturated heterocycles. The van der Waals surface area contributed by atoms with Gasteiger partial charge in [0.1, 0.15) is 5.75 Å². The third kappa shape index (κ3) is 2.83. The zero-order valence-electron chi connectivity index (χ0n) is 9.19. The van der Waals surface area contributed by atoms with Crippen LogP contribution in [0.2, 0.25) is 0 Å². The molecule has 1 aromatic carbocycles. The van der Waals surface area contributed by atoms with Gasteiger partial charge in [-0.05, 0) is 44.0 Å². The summed E-state index contributed by atoms with van der Waals surface area (Å²) in [6, 6.07) is 6.90. The fourth-order valence-electron chi connectivity index (χ4n) is 2.00. The zero-order valence-corrected chi connectivity index (χ0v) is 10.0. The normalized spacial score (nSPS) is 19.5. The number of nitrogens with one attached hydrogen (secondary N) is 1. The molecule has 0 bridgehead atoms. The number of hydrogen-bond donors (Lipinski definition) is 2. The number of piperidine rings is 1. The lowest BCUT2D eigenvalue weighted by Crippen LogP contribution is -2.30. The Morgan fingerprint density at radius 2 is 2.00 bits per heavy atom. The second kappa shape index (κ2) is 5.46. The second-order valence-corrected chi connectivity index (χ2v) is 5.64. The molecule has 0 aromatic heterocycles. The standard InChI is InChI=1S/C12H17NO2S/c14-11-3-1-2-4-12(11)16(15)9-10-5-7-13-8-6-10/h1-4,10,13-14H,5-9H2. The molecule has 88 valence electrons. The Morgan fingerprint density at radius 3 is 2.69 bits per heavy atom. The fourth-order valence-corrected chi connectivity index (χ4v) is 3.47. The predicted molar refractivity (Wildman–Crippen MR) is 65.0 cm³/mol. The first-order chi connectivity index (χ1) is 7.77. The number of aromatic hydroxyl groups is 1. The van der Waals surface area contributed by atoms with E-state index in [1.807, 2.05) is 6.07 Å². The molecule has 0 saturated carbocycles. The van der Waals surface area contributed by atoms with E-state index < -0.39 is 10.8 Å². The Bertz CT molecular complexity index is 375. The van der Waals surface area contributed by atoms with Crippen molar-refractivity contribution < 1.29 is 9.32 Å². The Kier molecular flexibility index (Phi) is 3.96. The highest BCUT2D eigenvalue weighted by Crippen LogP contribution is 2.23. The Labute approximate surface area is 98.3 Å². The van der Waals surface area contributed by atoms with Crippen LogP contribution < -0.4 is 5.32 Å². The summed E-state index contributed by atoms with van der Waals surface area (Å²) in [5.41, 5.74) is 0. The van der Waals surface area contributed by atoms with Crippen LogP contribution in [0.4, 0.5) is 0 Å². The summed E-state index contributed by atoms with van der Waals surface area (Å²) in [5, 5.41) is 12.9. The van der Waals surface area contributed by atoms with Crippen LogP contribution in [0.25, 0.3) is 0 Å². The monoisotopic (exact) mass is 239 g/mol. The van der Waals surface area contributed by atoms with E-state index in [4.69, 9.17) is 0 Å². The lowest BCUT2D eigenvalue weighted by atomic mass is 10.0. The molecule has 16 heavy (non-hydrogen) atoms. The highest BCUT2D eigenvalue weighted by molar-refractivity contribution is 7.85. The molecule has 1 unspecified atom stereocenters. The topological polar surface area (TPSA) is 49.3 Å². The van der Waals surface area contributed by atoms with Crippen molar-refractivity contribution in [3.05, 3.63) is 24.3 Å². The lowest BCUT2D eigenvalue weighted by Gasteiger charge is -2.22. The van der Waals surface area contributed by atoms with E-state index in [0.717, 1.165) is 25.9 Å². The van der Waals surface area contributed by atoms with Crippen molar-refractivity contribution in [1.82, 2.24) is 5.32 Å². The molecule has 1 fully saturated rings. The van der Waals surface area contributed by atoms with Gasteiger partial charge < -0.3 is 10.4 Å². The number of hydrogen-bond acceptors (Lipinski definition) is 3. The van der Waals surface area contributed by atoms with Gasteiger partial charge in [-0.2, -0.15) is 0 Å². The maximum absolute atomic E-state index is 12.1. The number of phenolic OH excluding ortho intramolecular Hbond substituents is 1. The van der Waals surface area contributed by atoms with Gasteiger partial charge in [0, 0.05) is 5.75 Å². The summed E-state index contributed by atoms with van der Waals surface area (Å²) in [5.74, 6) is 1.33. The molecule has 0 amide bonds. The van der Waals surface area contributed by atoms with E-state index in [1.54, 1.807) is 18.2 Å². The number of para-hydroxylation sites is 1. The average molecular weight is 239 g/mol. The summed E-state index contributed by atoms with van der Waals surface area (Å²) in [4.78, 5) is 0.570. The third-order valence-corrected chi connectivity index (χ3v) is 4.57. The minimum absolute atomic E-state index is 0.148. The molecule has 1 aromatic rings. The zero-order chi connectivity index (χ0) is 11.4. The summed E-state index contributed by atoms with van der Waals surface area (Å²) >= 11 is 0. The van der Waals surface area contributed by atoms with Gasteiger partial charge in [-0.25, -0.2) is 0 Å². The van der Waals surface area contributed by atoms with Crippen LogP contribution in [0.3, 0.4) is 0 Å². The quantitative estimate of drug-likeness (QED) is 0.840. The summed E-state index contributed by atoms with van der Waals surface area (Å²) < 4.78 is 12.1. The number of phenols is 1. The fraction of sp³-hybridized carbons (Fsp3) is 0.500. The van der Waals surface area contributed by atoms with Crippen molar-refractivity contribution >= 4 is 10.8 Å². The van der Waals surface area contributed by atoms with E-state index >= 15 is 0 Å². The smallest absolute Gasteiger partial charge is 0.131 e. The first kappa shape index (κ1) is 11.6. The first-order valence-electron chi connectivity index (χ1n) is 5.64. The van der Waals surface area contributed by atoms with Crippen molar-refractivity contribution in [2.24, 2.45) is 5.92 Å². The largest absolute Gasteiger partial charge is 0.507 e. The molecule has 1 aliphatic heterocycles. The minimum atomic E-state index is -1.07. The van der Waals surface area contributed by atoms with E-state index in [-0.39, 0.29) is 5.75 Å². The van der Waals surface area contributed by atoms with Crippen LogP contribution in [0, 0.1) is 5.92 Å². The van der Waals surface area contributed by atoms with E-state index in [0.29, 0.717) is 16.6 Å². The number of benzene rings is 1. The van der Waals surface area contributed by atoms with Crippen molar-refractivity contribution in [2.75, 3.05) is 18.8 Å². The van der Waals surface area contributed by atoms with Crippen LogP contribution in [0.1, 0.15) is 12.8 Å². The van der Waals surface area contributed by atoms with Gasteiger partial charge >= 0.3 is 0 Å². The average Bonchev–Trinajstić information content (AvgIpc) is 2.31. The van der Waals surface area contributed by atoms with Crippen molar-refractivity contribution in [3.63, 3.8) is 0 Å². The number of rotatable bonds is 3. The minimum Gasteiger partial charge on any atom is -0.507 e. The van der Waals surface area contributed by atoms with Gasteiger partial charge in [0.25, 0.3) is 0 Å². The molecular formula is C12H17NO2S. The highest BCUT2D eigenvalue weighted by Gasteiger charge is 2.18. The highest BCUT2D eigenvalue weighted by atomic mass is 32.2. The van der Waals surface area contributed by atoms with Crippen LogP contribution >= 0.6 is 0 Å². The Balaban J connectivity index is 2.00. The van der Waals surface area contributed by atoms with Crippen LogP contribution in [-0.4, -0.2) is 28.2 Å². The molecule has 2 rings (SSSR count). The maximum Gasteiger partial charge on any atom is 0.131 e. The second-order valence-electron chi connectivity index (χ2n) is 4.17. The van der Waals surface area contributed by atoms with Crippen LogP contribution in [-0.2, 0) is 10.8 Å². The van der Waals surface area contributed by atoms with E-state index in [1.165, 1.54) is 0 Å². The molecular weight excluding hydrogens is 222 g/mol. The summed E-state index contributed by atoms with van der Waals surface area (Å²) in [6.45, 7) is 2.03. The summed E-state index contributed by atoms with van der Waals surface area (Å²) in [6.07, 6.45) is 2.17. The van der Waals surface area contributed by atoms with Gasteiger partial charge in [-0.3, -0.25) is 4.21 Å². The third-order valence-electron chi connectivity index (χ3n) is 2.96. The van der Waals surface area contributed by atoms with E-state index in [9.17, 15) is 9.32 Å². The molecule has 4 heteroatoms. The molecule has 1 aliphatic rings. The van der Waals surface area contributed by atoms with Crippen molar-refractivity contribution in [3.8, 4) is 5.75 Å². The van der Waals surface area contributed by atoms with Gasteiger partial charge in [-0.1, -0.05) is 12.1 Å². The van der Waals surface area contributed by atoms with Gasteiger partial charge in [0.05, 0.1) is 15.7 Å². The molecule has 0 aliphatic carbocycles. The molecule has 1 atom stereocenters. The van der Waals surface area contributed by atoms with Crippen LogP contribution in [0.5, 0.6) is 5.75 Å². The van der Waals surface area contributed by atoms with E-state index in [2.05, 4.69) is 5.32 Å². The predicted octanol–water partition coefficient (Wildman–Crippen LogP) is 1.50. The molecule has 3 nitrogen and oxygen atoms in total. The molecule has 0 spiro atoms. The molecule has 2 N–H and O–H groups in total. The Morgan fingerprint density at radius 1 is 1.31 bits per heavy atom. The molecule has 1 heterocycles. The van der Waals surface area contributed by atoms with Gasteiger partial charge in [-0.15, -0.1) is 0 Å². The van der Waals surface area contributed by atoms with Crippen molar-refractivity contribution in [2.45, 2.75) is 17.7 Å². The maximum atomic E-state index is 12.1. The SMILES string of the molecule is O=S(CC1CCNCC1)c1ccccc1O. The molecule has 0 radical (unpaired) electrons. The lowest BCUT2D eigenvalue weighted by molar-refractivity contribution is 0.404.